The molecular weight excluding hydrogens is 344 g/mol. The monoisotopic (exact) mass is 372 g/mol. The molecule has 1 fully saturated rings. The lowest BCUT2D eigenvalue weighted by atomic mass is 9.98. The Balaban J connectivity index is 1.57. The van der Waals surface area contributed by atoms with Gasteiger partial charge in [0, 0.05) is 13.1 Å². The van der Waals surface area contributed by atoms with Crippen LogP contribution in [0, 0.1) is 5.92 Å². The number of nitrogens with one attached hydrogen (secondary N) is 2. The number of likely N-dealkylation sites (tertiary alicyclic amines) is 1. The van der Waals surface area contributed by atoms with Crippen molar-refractivity contribution in [3.63, 3.8) is 0 Å². The second-order valence-electron chi connectivity index (χ2n) is 8.16. The highest BCUT2D eigenvalue weighted by molar-refractivity contribution is 5.77. The van der Waals surface area contributed by atoms with Gasteiger partial charge in [-0.25, -0.2) is 9.78 Å². The van der Waals surface area contributed by atoms with Crippen molar-refractivity contribution in [3.05, 3.63) is 40.4 Å². The van der Waals surface area contributed by atoms with Crippen molar-refractivity contribution in [1.29, 1.82) is 0 Å². The molecule has 0 bridgehead atoms. The van der Waals surface area contributed by atoms with Gasteiger partial charge < -0.3 is 15.0 Å². The molecule has 1 amide bonds. The van der Waals surface area contributed by atoms with Crippen LogP contribution in [-0.2, 0) is 11.3 Å². The molecule has 146 valence electrons. The van der Waals surface area contributed by atoms with Crippen LogP contribution in [0.25, 0.3) is 10.9 Å². The van der Waals surface area contributed by atoms with Gasteiger partial charge in [-0.2, -0.15) is 0 Å². The normalized spacial score (nSPS) is 18.4. The lowest BCUT2D eigenvalue weighted by Gasteiger charge is -2.32. The number of carbonyl (C=O) groups excluding carboxylic acids is 1. The van der Waals surface area contributed by atoms with E-state index in [2.05, 4.69) is 20.2 Å². The fourth-order valence-corrected chi connectivity index (χ4v) is 3.42. The van der Waals surface area contributed by atoms with E-state index >= 15 is 0 Å². The van der Waals surface area contributed by atoms with Crippen LogP contribution >= 0.6 is 0 Å². The summed E-state index contributed by atoms with van der Waals surface area (Å²) in [6.45, 7) is 8.56. The lowest BCUT2D eigenvalue weighted by Crippen LogP contribution is -2.42. The Kier molecular flexibility index (Phi) is 5.79. The summed E-state index contributed by atoms with van der Waals surface area (Å²) in [5.41, 5.74) is 0.128. The second kappa shape index (κ2) is 8.08. The fourth-order valence-electron chi connectivity index (χ4n) is 3.42. The van der Waals surface area contributed by atoms with Crippen LogP contribution in [0.4, 0.5) is 4.79 Å². The molecule has 0 aliphatic carbocycles. The Morgan fingerprint density at radius 1 is 1.37 bits per heavy atom. The quantitative estimate of drug-likeness (QED) is 0.862. The van der Waals surface area contributed by atoms with Crippen molar-refractivity contribution in [1.82, 2.24) is 20.2 Å². The molecule has 7 nitrogen and oxygen atoms in total. The highest BCUT2D eigenvalue weighted by Crippen LogP contribution is 2.18. The molecule has 1 saturated heterocycles. The van der Waals surface area contributed by atoms with Crippen LogP contribution in [0.1, 0.15) is 39.4 Å². The standard InChI is InChI=1S/C20H28N4O3/c1-20(2,3)27-19(26)21-11-14-7-6-10-24(12-14)13-17-22-16-9-5-4-8-15(16)18(25)23-17/h4-5,8-9,14H,6-7,10-13H2,1-3H3,(H,21,26)(H,22,23,25). The summed E-state index contributed by atoms with van der Waals surface area (Å²) in [5.74, 6) is 1.04. The van der Waals surface area contributed by atoms with E-state index in [1.54, 1.807) is 6.07 Å². The molecule has 27 heavy (non-hydrogen) atoms. The number of piperidine rings is 1. The summed E-state index contributed by atoms with van der Waals surface area (Å²) in [6.07, 6.45) is 1.74. The van der Waals surface area contributed by atoms with Crippen molar-refractivity contribution in [2.75, 3.05) is 19.6 Å². The summed E-state index contributed by atoms with van der Waals surface area (Å²) in [5, 5.41) is 3.48. The molecule has 3 rings (SSSR count). The van der Waals surface area contributed by atoms with Gasteiger partial charge in [0.25, 0.3) is 5.56 Å². The van der Waals surface area contributed by atoms with Gasteiger partial charge in [0.2, 0.25) is 0 Å². The molecule has 2 heterocycles. The van der Waals surface area contributed by atoms with Gasteiger partial charge in [-0.05, 0) is 58.2 Å². The SMILES string of the molecule is CC(C)(C)OC(=O)NCC1CCCN(Cc2nc3ccccc3c(=O)[nH]2)C1. The Morgan fingerprint density at radius 2 is 2.15 bits per heavy atom. The number of ether oxygens (including phenoxy) is 1. The number of para-hydroxylation sites is 1. The molecule has 1 unspecified atom stereocenters. The molecular formula is C20H28N4O3. The van der Waals surface area contributed by atoms with E-state index in [0.29, 0.717) is 30.2 Å². The smallest absolute Gasteiger partial charge is 0.407 e. The predicted octanol–water partition coefficient (Wildman–Crippen LogP) is 2.66. The third-order valence-electron chi connectivity index (χ3n) is 4.57. The topological polar surface area (TPSA) is 87.3 Å². The van der Waals surface area contributed by atoms with Crippen LogP contribution in [0.2, 0.25) is 0 Å². The van der Waals surface area contributed by atoms with E-state index in [4.69, 9.17) is 4.74 Å². The van der Waals surface area contributed by atoms with E-state index in [1.807, 2.05) is 39.0 Å². The second-order valence-corrected chi connectivity index (χ2v) is 8.16. The number of alkyl carbamates (subject to hydrolysis) is 1. The maximum atomic E-state index is 12.2. The Morgan fingerprint density at radius 3 is 2.93 bits per heavy atom. The van der Waals surface area contributed by atoms with E-state index in [0.717, 1.165) is 31.4 Å². The first-order valence-electron chi connectivity index (χ1n) is 9.47. The van der Waals surface area contributed by atoms with E-state index in [1.165, 1.54) is 0 Å². The maximum absolute atomic E-state index is 12.2. The van der Waals surface area contributed by atoms with Crippen molar-refractivity contribution < 1.29 is 9.53 Å². The summed E-state index contributed by atoms with van der Waals surface area (Å²) in [6, 6.07) is 7.37. The largest absolute Gasteiger partial charge is 0.444 e. The van der Waals surface area contributed by atoms with Crippen molar-refractivity contribution >= 4 is 17.0 Å². The average molecular weight is 372 g/mol. The number of carbonyl (C=O) groups is 1. The summed E-state index contributed by atoms with van der Waals surface area (Å²) < 4.78 is 5.29. The zero-order valence-electron chi connectivity index (χ0n) is 16.2. The van der Waals surface area contributed by atoms with Crippen LogP contribution < -0.4 is 10.9 Å². The first-order chi connectivity index (χ1) is 12.8. The van der Waals surface area contributed by atoms with Crippen molar-refractivity contribution in [2.24, 2.45) is 5.92 Å². The number of H-pyrrole nitrogens is 1. The zero-order valence-corrected chi connectivity index (χ0v) is 16.2. The molecule has 2 aromatic rings. The summed E-state index contributed by atoms with van der Waals surface area (Å²) >= 11 is 0. The lowest BCUT2D eigenvalue weighted by molar-refractivity contribution is 0.0505. The molecule has 1 aromatic carbocycles. The minimum absolute atomic E-state index is 0.101. The van der Waals surface area contributed by atoms with Crippen molar-refractivity contribution in [3.8, 4) is 0 Å². The molecule has 1 aromatic heterocycles. The number of amides is 1. The van der Waals surface area contributed by atoms with Gasteiger partial charge in [-0.15, -0.1) is 0 Å². The number of nitrogens with zero attached hydrogens (tertiary/aromatic N) is 2. The van der Waals surface area contributed by atoms with Gasteiger partial charge in [0.15, 0.2) is 0 Å². The number of hydrogen-bond donors (Lipinski definition) is 2. The first kappa shape index (κ1) is 19.4. The maximum Gasteiger partial charge on any atom is 0.407 e. The first-order valence-corrected chi connectivity index (χ1v) is 9.47. The molecule has 0 saturated carbocycles. The third-order valence-corrected chi connectivity index (χ3v) is 4.57. The molecule has 0 spiro atoms. The van der Waals surface area contributed by atoms with Crippen LogP contribution in [0.5, 0.6) is 0 Å². The Labute approximate surface area is 159 Å². The number of benzene rings is 1. The number of rotatable bonds is 4. The van der Waals surface area contributed by atoms with Gasteiger partial charge in [-0.3, -0.25) is 9.69 Å². The molecule has 0 radical (unpaired) electrons. The van der Waals surface area contributed by atoms with Crippen LogP contribution in [0.3, 0.4) is 0 Å². The van der Waals surface area contributed by atoms with Gasteiger partial charge in [0.05, 0.1) is 17.4 Å². The molecule has 1 aliphatic heterocycles. The minimum atomic E-state index is -0.490. The van der Waals surface area contributed by atoms with Gasteiger partial charge in [0.1, 0.15) is 11.4 Å². The van der Waals surface area contributed by atoms with Crippen LogP contribution in [0.15, 0.2) is 29.1 Å². The van der Waals surface area contributed by atoms with Gasteiger partial charge in [-0.1, -0.05) is 12.1 Å². The van der Waals surface area contributed by atoms with Crippen molar-refractivity contribution in [2.45, 2.75) is 45.8 Å². The minimum Gasteiger partial charge on any atom is -0.444 e. The van der Waals surface area contributed by atoms with E-state index in [-0.39, 0.29) is 11.7 Å². The average Bonchev–Trinajstić information content (AvgIpc) is 2.59. The Bertz CT molecular complexity index is 856. The number of aromatic amines is 1. The molecule has 1 aliphatic rings. The fraction of sp³-hybridized carbons (Fsp3) is 0.550. The zero-order chi connectivity index (χ0) is 19.4. The van der Waals surface area contributed by atoms with Crippen LogP contribution in [-0.4, -0.2) is 46.2 Å². The van der Waals surface area contributed by atoms with Gasteiger partial charge >= 0.3 is 6.09 Å². The molecule has 2 N–H and O–H groups in total. The molecule has 1 atom stereocenters. The highest BCUT2D eigenvalue weighted by Gasteiger charge is 2.22. The molecule has 7 heteroatoms. The number of hydrogen-bond acceptors (Lipinski definition) is 5. The Hall–Kier alpha value is -2.41. The third kappa shape index (κ3) is 5.53. The summed E-state index contributed by atoms with van der Waals surface area (Å²) in [4.78, 5) is 33.8. The number of aromatic nitrogens is 2. The van der Waals surface area contributed by atoms with E-state index < -0.39 is 5.60 Å². The number of fused-ring (bicyclic) bond motifs is 1. The highest BCUT2D eigenvalue weighted by atomic mass is 16.6. The van der Waals surface area contributed by atoms with E-state index in [9.17, 15) is 9.59 Å². The predicted molar refractivity (Wildman–Crippen MR) is 105 cm³/mol. The summed E-state index contributed by atoms with van der Waals surface area (Å²) in [7, 11) is 0.